The van der Waals surface area contributed by atoms with Gasteiger partial charge in [0.2, 0.25) is 0 Å². The summed E-state index contributed by atoms with van der Waals surface area (Å²) in [5, 5.41) is 0.892. The topological polar surface area (TPSA) is 55.6 Å². The van der Waals surface area contributed by atoms with Crippen LogP contribution in [0, 0.1) is 0 Å². The smallest absolute Gasteiger partial charge is 0.266 e. The van der Waals surface area contributed by atoms with E-state index in [0.717, 1.165) is 21.4 Å². The standard InChI is InChI=1S/C15H18N2O2S/c1-9(2)8-17(3)15(18)14-13(16)11-6-5-10(19-4)7-12(11)20-14/h5-7H,1,8,16H2,2-4H3. The molecule has 0 unspecified atom stereocenters. The molecular weight excluding hydrogens is 272 g/mol. The third-order valence-electron chi connectivity index (χ3n) is 2.98. The SMILES string of the molecule is C=C(C)CN(C)C(=O)c1sc2cc(OC)ccc2c1N. The number of ether oxygens (including phenoxy) is 1. The molecule has 0 aliphatic carbocycles. The zero-order valence-corrected chi connectivity index (χ0v) is 12.7. The van der Waals surface area contributed by atoms with Crippen LogP contribution in [-0.4, -0.2) is 31.5 Å². The number of rotatable bonds is 4. The zero-order chi connectivity index (χ0) is 14.9. The highest BCUT2D eigenvalue weighted by Crippen LogP contribution is 2.36. The zero-order valence-electron chi connectivity index (χ0n) is 11.9. The molecule has 0 radical (unpaired) electrons. The molecule has 2 rings (SSSR count). The molecule has 2 aromatic rings. The Kier molecular flexibility index (Phi) is 3.99. The van der Waals surface area contributed by atoms with E-state index in [9.17, 15) is 4.79 Å². The van der Waals surface area contributed by atoms with Crippen LogP contribution in [0.3, 0.4) is 0 Å². The lowest BCUT2D eigenvalue weighted by atomic mass is 10.2. The highest BCUT2D eigenvalue weighted by Gasteiger charge is 2.19. The Morgan fingerprint density at radius 3 is 2.80 bits per heavy atom. The first-order valence-corrected chi connectivity index (χ1v) is 7.01. The van der Waals surface area contributed by atoms with Crippen molar-refractivity contribution in [2.45, 2.75) is 6.92 Å². The largest absolute Gasteiger partial charge is 0.497 e. The number of nitrogen functional groups attached to an aromatic ring is 1. The van der Waals surface area contributed by atoms with Crippen LogP contribution in [0.25, 0.3) is 10.1 Å². The Hall–Kier alpha value is -2.01. The minimum atomic E-state index is -0.0781. The van der Waals surface area contributed by atoms with E-state index in [1.165, 1.54) is 11.3 Å². The molecular formula is C15H18N2O2S. The Labute approximate surface area is 122 Å². The summed E-state index contributed by atoms with van der Waals surface area (Å²) in [6.45, 7) is 6.24. The molecule has 1 aromatic carbocycles. The molecule has 2 N–H and O–H groups in total. The maximum absolute atomic E-state index is 12.4. The van der Waals surface area contributed by atoms with Crippen LogP contribution >= 0.6 is 11.3 Å². The first-order valence-electron chi connectivity index (χ1n) is 6.20. The van der Waals surface area contributed by atoms with E-state index >= 15 is 0 Å². The minimum absolute atomic E-state index is 0.0781. The summed E-state index contributed by atoms with van der Waals surface area (Å²) >= 11 is 1.39. The minimum Gasteiger partial charge on any atom is -0.497 e. The van der Waals surface area contributed by atoms with Crippen molar-refractivity contribution in [3.63, 3.8) is 0 Å². The Bertz CT molecular complexity index is 676. The molecule has 0 atom stereocenters. The summed E-state index contributed by atoms with van der Waals surface area (Å²) in [5.41, 5.74) is 7.57. The second-order valence-corrected chi connectivity index (χ2v) is 5.88. The van der Waals surface area contributed by atoms with Gasteiger partial charge in [-0.15, -0.1) is 11.3 Å². The normalized spacial score (nSPS) is 10.6. The molecule has 0 fully saturated rings. The van der Waals surface area contributed by atoms with Crippen molar-refractivity contribution in [3.8, 4) is 5.75 Å². The van der Waals surface area contributed by atoms with Crippen molar-refractivity contribution in [3.05, 3.63) is 35.2 Å². The van der Waals surface area contributed by atoms with Gasteiger partial charge in [0.25, 0.3) is 5.91 Å². The molecule has 0 bridgehead atoms. The van der Waals surface area contributed by atoms with Crippen LogP contribution in [0.1, 0.15) is 16.6 Å². The average molecular weight is 290 g/mol. The maximum atomic E-state index is 12.4. The predicted molar refractivity (Wildman–Crippen MR) is 84.6 cm³/mol. The molecule has 1 amide bonds. The molecule has 1 heterocycles. The molecule has 1 aromatic heterocycles. The molecule has 0 saturated carbocycles. The second-order valence-electron chi connectivity index (χ2n) is 4.83. The van der Waals surface area contributed by atoms with E-state index in [0.29, 0.717) is 17.1 Å². The number of hydrogen-bond acceptors (Lipinski definition) is 4. The van der Waals surface area contributed by atoms with Crippen LogP contribution in [0.2, 0.25) is 0 Å². The lowest BCUT2D eigenvalue weighted by Crippen LogP contribution is -2.27. The van der Waals surface area contributed by atoms with Crippen molar-refractivity contribution in [2.75, 3.05) is 26.4 Å². The number of likely N-dealkylation sites (N-methyl/N-ethyl adjacent to an activating group) is 1. The number of fused-ring (bicyclic) bond motifs is 1. The van der Waals surface area contributed by atoms with Gasteiger partial charge in [-0.1, -0.05) is 12.2 Å². The number of hydrogen-bond donors (Lipinski definition) is 1. The van der Waals surface area contributed by atoms with Crippen LogP contribution in [0.5, 0.6) is 5.75 Å². The summed E-state index contributed by atoms with van der Waals surface area (Å²) in [4.78, 5) is 14.6. The molecule has 0 spiro atoms. The number of carbonyl (C=O) groups excluding carboxylic acids is 1. The fourth-order valence-corrected chi connectivity index (χ4v) is 3.18. The van der Waals surface area contributed by atoms with Crippen molar-refractivity contribution in [1.29, 1.82) is 0 Å². The highest BCUT2D eigenvalue weighted by molar-refractivity contribution is 7.21. The number of benzene rings is 1. The molecule has 0 aliphatic heterocycles. The lowest BCUT2D eigenvalue weighted by Gasteiger charge is -2.16. The van der Waals surface area contributed by atoms with Crippen molar-refractivity contribution >= 4 is 33.0 Å². The highest BCUT2D eigenvalue weighted by atomic mass is 32.1. The van der Waals surface area contributed by atoms with Crippen molar-refractivity contribution in [2.24, 2.45) is 0 Å². The van der Waals surface area contributed by atoms with Gasteiger partial charge in [0.1, 0.15) is 10.6 Å². The van der Waals surface area contributed by atoms with Gasteiger partial charge < -0.3 is 15.4 Å². The fraction of sp³-hybridized carbons (Fsp3) is 0.267. The van der Waals surface area contributed by atoms with E-state index < -0.39 is 0 Å². The third-order valence-corrected chi connectivity index (χ3v) is 4.14. The Morgan fingerprint density at radius 1 is 1.50 bits per heavy atom. The van der Waals surface area contributed by atoms with Crippen LogP contribution < -0.4 is 10.5 Å². The van der Waals surface area contributed by atoms with Gasteiger partial charge in [-0.25, -0.2) is 0 Å². The van der Waals surface area contributed by atoms with E-state index in [-0.39, 0.29) is 5.91 Å². The van der Waals surface area contributed by atoms with Gasteiger partial charge in [-0.3, -0.25) is 4.79 Å². The average Bonchev–Trinajstić information content (AvgIpc) is 2.73. The number of nitrogens with zero attached hydrogens (tertiary/aromatic N) is 1. The predicted octanol–water partition coefficient (Wildman–Crippen LogP) is 3.14. The van der Waals surface area contributed by atoms with E-state index in [4.69, 9.17) is 10.5 Å². The lowest BCUT2D eigenvalue weighted by molar-refractivity contribution is 0.0812. The third kappa shape index (κ3) is 2.63. The number of nitrogens with two attached hydrogens (primary N) is 1. The number of anilines is 1. The first kappa shape index (κ1) is 14.4. The maximum Gasteiger partial charge on any atom is 0.266 e. The van der Waals surface area contributed by atoms with E-state index in [1.807, 2.05) is 25.1 Å². The molecule has 106 valence electrons. The molecule has 5 heteroatoms. The monoisotopic (exact) mass is 290 g/mol. The number of amides is 1. The van der Waals surface area contributed by atoms with Gasteiger partial charge in [-0.05, 0) is 25.1 Å². The van der Waals surface area contributed by atoms with Crippen LogP contribution in [0.15, 0.2) is 30.4 Å². The van der Waals surface area contributed by atoms with Gasteiger partial charge in [-0.2, -0.15) is 0 Å². The number of methoxy groups -OCH3 is 1. The van der Waals surface area contributed by atoms with Crippen molar-refractivity contribution < 1.29 is 9.53 Å². The van der Waals surface area contributed by atoms with E-state index in [2.05, 4.69) is 6.58 Å². The summed E-state index contributed by atoms with van der Waals surface area (Å²) in [6, 6.07) is 5.62. The molecule has 0 saturated heterocycles. The Balaban J connectivity index is 2.42. The molecule has 4 nitrogen and oxygen atoms in total. The van der Waals surface area contributed by atoms with Gasteiger partial charge in [0.15, 0.2) is 0 Å². The molecule has 20 heavy (non-hydrogen) atoms. The second kappa shape index (κ2) is 5.54. The first-order chi connectivity index (χ1) is 9.43. The summed E-state index contributed by atoms with van der Waals surface area (Å²) in [6.07, 6.45) is 0. The fourth-order valence-electron chi connectivity index (χ4n) is 2.03. The quantitative estimate of drug-likeness (QED) is 0.880. The van der Waals surface area contributed by atoms with Crippen molar-refractivity contribution in [1.82, 2.24) is 4.90 Å². The summed E-state index contributed by atoms with van der Waals surface area (Å²) < 4.78 is 6.14. The van der Waals surface area contributed by atoms with Crippen LogP contribution in [0.4, 0.5) is 5.69 Å². The van der Waals surface area contributed by atoms with E-state index in [1.54, 1.807) is 19.1 Å². The summed E-state index contributed by atoms with van der Waals surface area (Å²) in [5.74, 6) is 0.679. The molecule has 0 aliphatic rings. The number of carbonyl (C=O) groups is 1. The van der Waals surface area contributed by atoms with Gasteiger partial charge in [0.05, 0.1) is 12.8 Å². The van der Waals surface area contributed by atoms with Crippen LogP contribution in [-0.2, 0) is 0 Å². The Morgan fingerprint density at radius 2 is 2.20 bits per heavy atom. The number of thiophene rings is 1. The van der Waals surface area contributed by atoms with Gasteiger partial charge >= 0.3 is 0 Å². The van der Waals surface area contributed by atoms with Gasteiger partial charge in [0, 0.05) is 23.7 Å². The summed E-state index contributed by atoms with van der Waals surface area (Å²) in [7, 11) is 3.37.